The van der Waals surface area contributed by atoms with Gasteiger partial charge in [-0.25, -0.2) is 0 Å². The molecule has 1 N–H and O–H groups in total. The van der Waals surface area contributed by atoms with Crippen molar-refractivity contribution in [2.75, 3.05) is 6.54 Å². The van der Waals surface area contributed by atoms with Crippen molar-refractivity contribution in [3.05, 3.63) is 41.1 Å². The quantitative estimate of drug-likeness (QED) is 0.810. The number of hydrogen-bond acceptors (Lipinski definition) is 3. The lowest BCUT2D eigenvalue weighted by molar-refractivity contribution is 0.471. The molecule has 116 valence electrons. The molecule has 4 nitrogen and oxygen atoms in total. The fourth-order valence-corrected chi connectivity index (χ4v) is 2.36. The van der Waals surface area contributed by atoms with E-state index in [4.69, 9.17) is 4.42 Å². The lowest BCUT2D eigenvalue weighted by Gasteiger charge is -2.05. The number of aromatic nitrogens is 2. The van der Waals surface area contributed by atoms with Gasteiger partial charge in [0.15, 0.2) is 0 Å². The molecule has 2 aromatic rings. The summed E-state index contributed by atoms with van der Waals surface area (Å²) in [5.74, 6) is 1.64. The molecule has 2 rings (SSSR count). The maximum atomic E-state index is 5.67. The minimum Gasteiger partial charge on any atom is -0.467 e. The number of nitrogens with zero attached hydrogens (tertiary/aromatic N) is 2. The summed E-state index contributed by atoms with van der Waals surface area (Å²) in [5, 5.41) is 8.06. The molecule has 0 saturated carbocycles. The van der Waals surface area contributed by atoms with Crippen molar-refractivity contribution in [3.63, 3.8) is 0 Å². The number of furan rings is 1. The van der Waals surface area contributed by atoms with Crippen LogP contribution in [-0.4, -0.2) is 16.3 Å². The Morgan fingerprint density at radius 1 is 1.24 bits per heavy atom. The van der Waals surface area contributed by atoms with Crippen molar-refractivity contribution in [1.29, 1.82) is 0 Å². The van der Waals surface area contributed by atoms with E-state index in [1.807, 2.05) is 6.26 Å². The summed E-state index contributed by atoms with van der Waals surface area (Å²) in [5.41, 5.74) is 3.62. The average Bonchev–Trinajstić information content (AvgIpc) is 3.05. The molecule has 2 heterocycles. The van der Waals surface area contributed by atoms with E-state index in [1.165, 1.54) is 11.3 Å². The summed E-state index contributed by atoms with van der Waals surface area (Å²) in [6, 6.07) is 4.31. The Kier molecular flexibility index (Phi) is 5.62. The summed E-state index contributed by atoms with van der Waals surface area (Å²) < 4.78 is 7.73. The van der Waals surface area contributed by atoms with E-state index >= 15 is 0 Å². The van der Waals surface area contributed by atoms with Gasteiger partial charge in [0.05, 0.1) is 18.5 Å². The summed E-state index contributed by atoms with van der Waals surface area (Å²) in [7, 11) is 0. The van der Waals surface area contributed by atoms with Crippen LogP contribution in [0.5, 0.6) is 0 Å². The molecule has 0 bridgehead atoms. The summed E-state index contributed by atoms with van der Waals surface area (Å²) in [4.78, 5) is 0. The smallest absolute Gasteiger partial charge is 0.125 e. The van der Waals surface area contributed by atoms with Crippen LogP contribution in [-0.2, 0) is 25.9 Å². The second-order valence-corrected chi connectivity index (χ2v) is 5.94. The topological polar surface area (TPSA) is 43.0 Å². The Hall–Kier alpha value is -1.55. The van der Waals surface area contributed by atoms with Crippen LogP contribution in [0, 0.1) is 5.92 Å². The third-order valence-electron chi connectivity index (χ3n) is 3.53. The molecule has 21 heavy (non-hydrogen) atoms. The van der Waals surface area contributed by atoms with Gasteiger partial charge in [-0.05, 0) is 37.4 Å². The highest BCUT2D eigenvalue weighted by Gasteiger charge is 2.08. The minimum absolute atomic E-state index is 0.667. The zero-order valence-corrected chi connectivity index (χ0v) is 13.6. The van der Waals surface area contributed by atoms with Crippen LogP contribution < -0.4 is 5.32 Å². The van der Waals surface area contributed by atoms with Crippen LogP contribution in [0.1, 0.15) is 50.4 Å². The predicted octanol–water partition coefficient (Wildman–Crippen LogP) is 3.39. The van der Waals surface area contributed by atoms with Crippen molar-refractivity contribution in [3.8, 4) is 0 Å². The van der Waals surface area contributed by atoms with Crippen molar-refractivity contribution < 1.29 is 4.42 Å². The molecule has 0 atom stereocenters. The lowest BCUT2D eigenvalue weighted by Crippen LogP contribution is -2.18. The molecule has 0 aliphatic rings. The Labute approximate surface area is 127 Å². The summed E-state index contributed by atoms with van der Waals surface area (Å²) in [6.45, 7) is 11.3. The van der Waals surface area contributed by atoms with E-state index < -0.39 is 0 Å². The number of aryl methyl sites for hydroxylation is 2. The van der Waals surface area contributed by atoms with Gasteiger partial charge >= 0.3 is 0 Å². The first-order valence-corrected chi connectivity index (χ1v) is 7.95. The molecule has 0 unspecified atom stereocenters. The van der Waals surface area contributed by atoms with Crippen LogP contribution >= 0.6 is 0 Å². The molecule has 0 radical (unpaired) electrons. The lowest BCUT2D eigenvalue weighted by atomic mass is 10.2. The monoisotopic (exact) mass is 289 g/mol. The highest BCUT2D eigenvalue weighted by atomic mass is 16.3. The molecule has 4 heteroatoms. The zero-order chi connectivity index (χ0) is 15.2. The highest BCUT2D eigenvalue weighted by molar-refractivity contribution is 5.15. The maximum absolute atomic E-state index is 5.67. The molecule has 0 aliphatic heterocycles. The van der Waals surface area contributed by atoms with Crippen LogP contribution in [0.4, 0.5) is 0 Å². The fraction of sp³-hybridized carbons (Fsp3) is 0.588. The molecule has 0 aromatic carbocycles. The number of rotatable bonds is 8. The van der Waals surface area contributed by atoms with Gasteiger partial charge in [-0.3, -0.25) is 4.68 Å². The first-order valence-electron chi connectivity index (χ1n) is 7.95. The van der Waals surface area contributed by atoms with Gasteiger partial charge in [0.25, 0.3) is 0 Å². The van der Waals surface area contributed by atoms with E-state index in [0.29, 0.717) is 12.5 Å². The van der Waals surface area contributed by atoms with E-state index in [1.54, 1.807) is 0 Å². The first-order chi connectivity index (χ1) is 10.1. The number of hydrogen-bond donors (Lipinski definition) is 1. The molecule has 0 fully saturated rings. The molecule has 2 aromatic heterocycles. The predicted molar refractivity (Wildman–Crippen MR) is 85.3 cm³/mol. The largest absolute Gasteiger partial charge is 0.467 e. The fourth-order valence-electron chi connectivity index (χ4n) is 2.36. The van der Waals surface area contributed by atoms with Crippen molar-refractivity contribution in [2.45, 2.75) is 53.6 Å². The summed E-state index contributed by atoms with van der Waals surface area (Å²) in [6.07, 6.45) is 3.82. The van der Waals surface area contributed by atoms with E-state index in [-0.39, 0.29) is 0 Å². The van der Waals surface area contributed by atoms with Gasteiger partial charge in [0.1, 0.15) is 5.76 Å². The maximum Gasteiger partial charge on any atom is 0.125 e. The van der Waals surface area contributed by atoms with Gasteiger partial charge < -0.3 is 9.73 Å². The first kappa shape index (κ1) is 15.8. The van der Waals surface area contributed by atoms with Gasteiger partial charge in [-0.15, -0.1) is 0 Å². The van der Waals surface area contributed by atoms with Gasteiger partial charge in [0.2, 0.25) is 0 Å². The van der Waals surface area contributed by atoms with Gasteiger partial charge in [-0.2, -0.15) is 5.10 Å². The molecule has 0 amide bonds. The van der Waals surface area contributed by atoms with Gasteiger partial charge in [-0.1, -0.05) is 27.7 Å². The third kappa shape index (κ3) is 4.46. The Bertz CT molecular complexity index is 554. The Balaban J connectivity index is 1.97. The van der Waals surface area contributed by atoms with Crippen molar-refractivity contribution in [2.24, 2.45) is 5.92 Å². The zero-order valence-electron chi connectivity index (χ0n) is 13.6. The molecule has 0 spiro atoms. The number of nitrogens with one attached hydrogen (secondary N) is 1. The summed E-state index contributed by atoms with van der Waals surface area (Å²) >= 11 is 0. The standard InChI is InChI=1S/C17H27N3O/c1-5-15-8-16(6-2)20(19-15)11-17-7-14(12-21-17)10-18-9-13(3)4/h7-8,12-13,18H,5-6,9-11H2,1-4H3. The van der Waals surface area contributed by atoms with Crippen LogP contribution in [0.2, 0.25) is 0 Å². The van der Waals surface area contributed by atoms with E-state index in [9.17, 15) is 0 Å². The van der Waals surface area contributed by atoms with Crippen LogP contribution in [0.25, 0.3) is 0 Å². The van der Waals surface area contributed by atoms with Gasteiger partial charge in [0, 0.05) is 17.8 Å². The van der Waals surface area contributed by atoms with E-state index in [0.717, 1.165) is 37.4 Å². The average molecular weight is 289 g/mol. The normalized spacial score (nSPS) is 11.5. The minimum atomic E-state index is 0.667. The van der Waals surface area contributed by atoms with Crippen LogP contribution in [0.3, 0.4) is 0 Å². The Morgan fingerprint density at radius 3 is 2.71 bits per heavy atom. The second-order valence-electron chi connectivity index (χ2n) is 5.94. The van der Waals surface area contributed by atoms with E-state index in [2.05, 4.69) is 54.9 Å². The molecular formula is C17H27N3O. The Morgan fingerprint density at radius 2 is 2.05 bits per heavy atom. The molecule has 0 saturated heterocycles. The van der Waals surface area contributed by atoms with Crippen LogP contribution in [0.15, 0.2) is 22.8 Å². The van der Waals surface area contributed by atoms with Crippen molar-refractivity contribution >= 4 is 0 Å². The molecular weight excluding hydrogens is 262 g/mol. The highest BCUT2D eigenvalue weighted by Crippen LogP contribution is 2.13. The van der Waals surface area contributed by atoms with Crippen molar-refractivity contribution in [1.82, 2.24) is 15.1 Å². The third-order valence-corrected chi connectivity index (χ3v) is 3.53. The molecule has 0 aliphatic carbocycles. The SMILES string of the molecule is CCc1cc(CC)n(Cc2cc(CNCC(C)C)co2)n1. The second kappa shape index (κ2) is 7.46.